The summed E-state index contributed by atoms with van der Waals surface area (Å²) in [5, 5.41) is 3.02. The second-order valence-corrected chi connectivity index (χ2v) is 7.25. The average Bonchev–Trinajstić information content (AvgIpc) is 2.69. The number of nitrogens with two attached hydrogens (primary N) is 1. The Morgan fingerprint density at radius 1 is 1.17 bits per heavy atom. The molecule has 0 unspecified atom stereocenters. The van der Waals surface area contributed by atoms with E-state index in [0.29, 0.717) is 18.8 Å². The van der Waals surface area contributed by atoms with Crippen LogP contribution in [-0.2, 0) is 0 Å². The summed E-state index contributed by atoms with van der Waals surface area (Å²) < 4.78 is 27.5. The molecule has 156 valence electrons. The van der Waals surface area contributed by atoms with Crippen molar-refractivity contribution in [1.82, 2.24) is 5.32 Å². The second kappa shape index (κ2) is 9.91. The first-order chi connectivity index (χ1) is 13.8. The van der Waals surface area contributed by atoms with E-state index in [0.717, 1.165) is 23.5 Å². The van der Waals surface area contributed by atoms with Crippen molar-refractivity contribution in [3.8, 4) is 0 Å². The van der Waals surface area contributed by atoms with Crippen molar-refractivity contribution in [2.45, 2.75) is 13.8 Å². The van der Waals surface area contributed by atoms with Gasteiger partial charge in [-0.2, -0.15) is 0 Å². The van der Waals surface area contributed by atoms with Crippen molar-refractivity contribution in [3.63, 3.8) is 0 Å². The Kier molecular flexibility index (Phi) is 7.59. The summed E-state index contributed by atoms with van der Waals surface area (Å²) in [4.78, 5) is 16.6. The maximum absolute atomic E-state index is 14.2. The fraction of sp³-hybridized carbons (Fsp3) is 0.318. The number of hydrogen-bond donors (Lipinski definition) is 2. The Hall–Kier alpha value is -3.09. The van der Waals surface area contributed by atoms with Gasteiger partial charge in [-0.25, -0.2) is 8.78 Å². The Morgan fingerprint density at radius 3 is 2.45 bits per heavy atom. The summed E-state index contributed by atoms with van der Waals surface area (Å²) in [5.74, 6) is -1.94. The maximum Gasteiger partial charge on any atom is 0.261 e. The number of likely N-dealkylation sites (N-methyl/N-ethyl adjacent to an activating group) is 2. The summed E-state index contributed by atoms with van der Waals surface area (Å²) in [6, 6.07) is 10.4. The van der Waals surface area contributed by atoms with E-state index in [1.54, 1.807) is 13.1 Å². The van der Waals surface area contributed by atoms with Crippen molar-refractivity contribution < 1.29 is 13.6 Å². The van der Waals surface area contributed by atoms with Gasteiger partial charge in [0.15, 0.2) is 0 Å². The van der Waals surface area contributed by atoms with Crippen LogP contribution in [0.4, 0.5) is 20.2 Å². The van der Waals surface area contributed by atoms with Crippen LogP contribution in [-0.4, -0.2) is 33.1 Å². The molecule has 5 nitrogen and oxygen atoms in total. The van der Waals surface area contributed by atoms with E-state index in [-0.39, 0.29) is 11.5 Å². The lowest BCUT2D eigenvalue weighted by Crippen LogP contribution is -2.35. The fourth-order valence-corrected chi connectivity index (χ4v) is 2.94. The van der Waals surface area contributed by atoms with Crippen molar-refractivity contribution in [3.05, 3.63) is 71.6 Å². The molecule has 0 aromatic heterocycles. The molecule has 0 heterocycles. The molecule has 29 heavy (non-hydrogen) atoms. The number of hydrogen-bond acceptors (Lipinski definition) is 4. The minimum Gasteiger partial charge on any atom is -0.403 e. The van der Waals surface area contributed by atoms with E-state index >= 15 is 0 Å². The number of rotatable bonds is 8. The Bertz CT molecular complexity index is 883. The first-order valence-corrected chi connectivity index (χ1v) is 9.43. The summed E-state index contributed by atoms with van der Waals surface area (Å²) >= 11 is 0. The molecule has 1 amide bonds. The van der Waals surface area contributed by atoms with Gasteiger partial charge in [-0.15, -0.1) is 0 Å². The van der Waals surface area contributed by atoms with Crippen LogP contribution in [0.15, 0.2) is 54.4 Å². The monoisotopic (exact) mass is 402 g/mol. The summed E-state index contributed by atoms with van der Waals surface area (Å²) in [7, 11) is 3.71. The number of amides is 1. The van der Waals surface area contributed by atoms with Crippen LogP contribution in [0.25, 0.3) is 0 Å². The highest BCUT2D eigenvalue weighted by molar-refractivity contribution is 6.06. The molecule has 0 saturated heterocycles. The van der Waals surface area contributed by atoms with Crippen molar-refractivity contribution in [2.24, 2.45) is 11.7 Å². The highest BCUT2D eigenvalue weighted by atomic mass is 19.1. The molecule has 0 aliphatic heterocycles. The predicted octanol–water partition coefficient (Wildman–Crippen LogP) is 3.72. The standard InChI is InChI=1S/C22H28F2N4O/c1-15(2)13-28(22(29)20-9-8-16(23)10-21(20)24)19-7-5-6-18(11-19)27(4)14-17(12-25)26-3/h5-12,15,26H,13-14,25H2,1-4H3/b17-12-. The normalized spacial score (nSPS) is 11.5. The molecular weight excluding hydrogens is 374 g/mol. The van der Waals surface area contributed by atoms with Gasteiger partial charge in [-0.3, -0.25) is 4.79 Å². The third kappa shape index (κ3) is 5.70. The molecule has 0 saturated carbocycles. The molecule has 0 atom stereocenters. The molecule has 0 spiro atoms. The third-order valence-electron chi connectivity index (χ3n) is 4.47. The highest BCUT2D eigenvalue weighted by Crippen LogP contribution is 2.25. The van der Waals surface area contributed by atoms with E-state index < -0.39 is 17.5 Å². The molecule has 3 N–H and O–H groups in total. The van der Waals surface area contributed by atoms with E-state index in [2.05, 4.69) is 5.32 Å². The largest absolute Gasteiger partial charge is 0.403 e. The molecule has 7 heteroatoms. The molecule has 2 aromatic rings. The van der Waals surface area contributed by atoms with E-state index in [4.69, 9.17) is 5.73 Å². The summed E-state index contributed by atoms with van der Waals surface area (Å²) in [6.45, 7) is 4.90. The van der Waals surface area contributed by atoms with Gasteiger partial charge in [0.1, 0.15) is 11.6 Å². The molecule has 2 rings (SSSR count). The third-order valence-corrected chi connectivity index (χ3v) is 4.47. The van der Waals surface area contributed by atoms with Crippen LogP contribution in [0.2, 0.25) is 0 Å². The number of nitrogens with one attached hydrogen (secondary N) is 1. The smallest absolute Gasteiger partial charge is 0.261 e. The Labute approximate surface area is 170 Å². The molecule has 0 bridgehead atoms. The topological polar surface area (TPSA) is 61.6 Å². The number of benzene rings is 2. The van der Waals surface area contributed by atoms with Gasteiger partial charge >= 0.3 is 0 Å². The average molecular weight is 402 g/mol. The number of nitrogens with zero attached hydrogens (tertiary/aromatic N) is 2. The summed E-state index contributed by atoms with van der Waals surface area (Å²) in [6.07, 6.45) is 1.51. The van der Waals surface area contributed by atoms with Gasteiger partial charge in [-0.1, -0.05) is 19.9 Å². The number of carbonyl (C=O) groups is 1. The minimum atomic E-state index is -0.872. The molecule has 0 fully saturated rings. The van der Waals surface area contributed by atoms with Crippen LogP contribution in [0.1, 0.15) is 24.2 Å². The molecular formula is C22H28F2N4O. The minimum absolute atomic E-state index is 0.153. The van der Waals surface area contributed by atoms with E-state index in [1.807, 2.05) is 44.0 Å². The number of halogens is 2. The highest BCUT2D eigenvalue weighted by Gasteiger charge is 2.22. The van der Waals surface area contributed by atoms with Crippen LogP contribution >= 0.6 is 0 Å². The van der Waals surface area contributed by atoms with Crippen molar-refractivity contribution >= 4 is 17.3 Å². The second-order valence-electron chi connectivity index (χ2n) is 7.25. The first-order valence-electron chi connectivity index (χ1n) is 9.43. The van der Waals surface area contributed by atoms with Gasteiger partial charge in [0, 0.05) is 50.0 Å². The lowest BCUT2D eigenvalue weighted by atomic mass is 10.1. The molecule has 0 aliphatic carbocycles. The van der Waals surface area contributed by atoms with Gasteiger partial charge in [0.05, 0.1) is 12.1 Å². The summed E-state index contributed by atoms with van der Waals surface area (Å²) in [5.41, 5.74) is 7.81. The lowest BCUT2D eigenvalue weighted by molar-refractivity contribution is 0.0980. The van der Waals surface area contributed by atoms with Crippen LogP contribution < -0.4 is 20.9 Å². The Balaban J connectivity index is 2.38. The van der Waals surface area contributed by atoms with Gasteiger partial charge in [0.25, 0.3) is 5.91 Å². The van der Waals surface area contributed by atoms with Crippen molar-refractivity contribution in [1.29, 1.82) is 0 Å². The van der Waals surface area contributed by atoms with Crippen LogP contribution in [0.3, 0.4) is 0 Å². The Morgan fingerprint density at radius 2 is 1.86 bits per heavy atom. The van der Waals surface area contributed by atoms with Gasteiger partial charge in [0.2, 0.25) is 0 Å². The zero-order chi connectivity index (χ0) is 21.6. The number of carbonyl (C=O) groups excluding carboxylic acids is 1. The zero-order valence-corrected chi connectivity index (χ0v) is 17.2. The molecule has 2 aromatic carbocycles. The fourth-order valence-electron chi connectivity index (χ4n) is 2.94. The van der Waals surface area contributed by atoms with Crippen LogP contribution in [0.5, 0.6) is 0 Å². The molecule has 0 radical (unpaired) electrons. The van der Waals surface area contributed by atoms with Crippen LogP contribution in [0, 0.1) is 17.6 Å². The quantitative estimate of drug-likeness (QED) is 0.707. The predicted molar refractivity (Wildman–Crippen MR) is 114 cm³/mol. The SMILES string of the molecule is CN/C(=C\N)CN(C)c1cccc(N(CC(C)C)C(=O)c2ccc(F)cc2F)c1. The lowest BCUT2D eigenvalue weighted by Gasteiger charge is -2.27. The zero-order valence-electron chi connectivity index (χ0n) is 17.2. The number of anilines is 2. The molecule has 0 aliphatic rings. The van der Waals surface area contributed by atoms with Gasteiger partial charge in [-0.05, 0) is 36.2 Å². The first kappa shape index (κ1) is 22.2. The maximum atomic E-state index is 14.2. The van der Waals surface area contributed by atoms with E-state index in [1.165, 1.54) is 17.2 Å². The van der Waals surface area contributed by atoms with Crippen molar-refractivity contribution in [2.75, 3.05) is 37.0 Å². The van der Waals surface area contributed by atoms with E-state index in [9.17, 15) is 13.6 Å². The van der Waals surface area contributed by atoms with Gasteiger partial charge < -0.3 is 20.9 Å².